The van der Waals surface area contributed by atoms with Gasteiger partial charge in [-0.1, -0.05) is 72.8 Å². The molecule has 22 heavy (non-hydrogen) atoms. The second-order valence-corrected chi connectivity index (χ2v) is 5.28. The molecule has 0 unspecified atom stereocenters. The van der Waals surface area contributed by atoms with Crippen LogP contribution in [0, 0.1) is 0 Å². The molecule has 0 fully saturated rings. The number of fused-ring (bicyclic) bond motifs is 1. The molecule has 0 amide bonds. The maximum atomic E-state index is 4.58. The van der Waals surface area contributed by atoms with E-state index in [1.807, 2.05) is 43.4 Å². The van der Waals surface area contributed by atoms with Gasteiger partial charge in [-0.15, -0.1) is 0 Å². The number of rotatable bonds is 2. The lowest BCUT2D eigenvalue weighted by molar-refractivity contribution is 0.665. The Balaban J connectivity index is 2.00. The van der Waals surface area contributed by atoms with Crippen LogP contribution in [-0.2, 0) is 7.05 Å². The lowest BCUT2D eigenvalue weighted by Gasteiger charge is -2.06. The average Bonchev–Trinajstić information content (AvgIpc) is 2.97. The topological polar surface area (TPSA) is 30.7 Å². The van der Waals surface area contributed by atoms with Gasteiger partial charge in [-0.25, -0.2) is 0 Å². The van der Waals surface area contributed by atoms with Crippen LogP contribution in [0.2, 0.25) is 0 Å². The molecule has 4 rings (SSSR count). The van der Waals surface area contributed by atoms with Crippen LogP contribution in [-0.4, -0.2) is 15.0 Å². The molecule has 0 atom stereocenters. The first-order chi connectivity index (χ1) is 10.8. The molecule has 3 nitrogen and oxygen atoms in total. The summed E-state index contributed by atoms with van der Waals surface area (Å²) in [5.41, 5.74) is 6.43. The van der Waals surface area contributed by atoms with E-state index in [-0.39, 0.29) is 0 Å². The van der Waals surface area contributed by atoms with E-state index in [2.05, 4.69) is 46.6 Å². The minimum Gasteiger partial charge on any atom is -0.187 e. The third kappa shape index (κ3) is 2.07. The van der Waals surface area contributed by atoms with Gasteiger partial charge >= 0.3 is 0 Å². The fraction of sp³-hybridized carbons (Fsp3) is 0.0526. The summed E-state index contributed by atoms with van der Waals surface area (Å²) < 4.78 is 0. The van der Waals surface area contributed by atoms with Crippen molar-refractivity contribution in [1.29, 1.82) is 0 Å². The van der Waals surface area contributed by atoms with Crippen molar-refractivity contribution in [2.75, 3.05) is 0 Å². The summed E-state index contributed by atoms with van der Waals surface area (Å²) >= 11 is 0. The molecular formula is C19H15N3. The lowest BCUT2D eigenvalue weighted by Crippen LogP contribution is -1.91. The standard InChI is InChI=1S/C19H15N3/c1-22-20-18-16(14-8-4-2-5-9-14)12-13-17(19(18)21-22)15-10-6-3-7-11-15/h2-13H,1H3. The molecular weight excluding hydrogens is 270 g/mol. The van der Waals surface area contributed by atoms with E-state index in [0.29, 0.717) is 0 Å². The molecule has 0 saturated carbocycles. The Labute approximate surface area is 128 Å². The molecule has 0 bridgehead atoms. The lowest BCUT2D eigenvalue weighted by atomic mass is 9.98. The minimum atomic E-state index is 0.940. The van der Waals surface area contributed by atoms with Crippen molar-refractivity contribution in [3.8, 4) is 22.3 Å². The largest absolute Gasteiger partial charge is 0.187 e. The molecule has 0 aliphatic carbocycles. The maximum absolute atomic E-state index is 4.58. The fourth-order valence-electron chi connectivity index (χ4n) is 2.80. The minimum absolute atomic E-state index is 0.940. The summed E-state index contributed by atoms with van der Waals surface area (Å²) in [7, 11) is 1.86. The van der Waals surface area contributed by atoms with Crippen molar-refractivity contribution in [1.82, 2.24) is 15.0 Å². The third-order valence-corrected chi connectivity index (χ3v) is 3.81. The normalized spacial score (nSPS) is 11.0. The zero-order chi connectivity index (χ0) is 14.9. The first-order valence-electron chi connectivity index (χ1n) is 7.28. The van der Waals surface area contributed by atoms with Gasteiger partial charge < -0.3 is 0 Å². The molecule has 4 aromatic rings. The monoisotopic (exact) mass is 285 g/mol. The Morgan fingerprint density at radius 3 is 1.41 bits per heavy atom. The molecule has 0 aliphatic heterocycles. The number of aryl methyl sites for hydroxylation is 1. The molecule has 106 valence electrons. The average molecular weight is 285 g/mol. The number of nitrogens with zero attached hydrogens (tertiary/aromatic N) is 3. The van der Waals surface area contributed by atoms with Crippen LogP contribution in [0.25, 0.3) is 33.3 Å². The van der Waals surface area contributed by atoms with Gasteiger partial charge in [0, 0.05) is 18.2 Å². The van der Waals surface area contributed by atoms with Gasteiger partial charge in [0.25, 0.3) is 0 Å². The van der Waals surface area contributed by atoms with Crippen LogP contribution in [0.5, 0.6) is 0 Å². The second kappa shape index (κ2) is 5.11. The summed E-state index contributed by atoms with van der Waals surface area (Å²) in [5.74, 6) is 0. The van der Waals surface area contributed by atoms with Gasteiger partial charge in [0.1, 0.15) is 11.0 Å². The quantitative estimate of drug-likeness (QED) is 0.549. The predicted octanol–water partition coefficient (Wildman–Crippen LogP) is 4.30. The van der Waals surface area contributed by atoms with Crippen LogP contribution in [0.3, 0.4) is 0 Å². The first kappa shape index (κ1) is 12.8. The van der Waals surface area contributed by atoms with E-state index in [1.165, 1.54) is 0 Å². The third-order valence-electron chi connectivity index (χ3n) is 3.81. The van der Waals surface area contributed by atoms with Crippen molar-refractivity contribution in [2.24, 2.45) is 7.05 Å². The zero-order valence-electron chi connectivity index (χ0n) is 12.3. The molecule has 0 saturated heterocycles. The highest BCUT2D eigenvalue weighted by Crippen LogP contribution is 2.33. The second-order valence-electron chi connectivity index (χ2n) is 5.28. The summed E-state index contributed by atoms with van der Waals surface area (Å²) in [6.07, 6.45) is 0. The fourth-order valence-corrected chi connectivity index (χ4v) is 2.80. The summed E-state index contributed by atoms with van der Waals surface area (Å²) in [6, 6.07) is 24.9. The maximum Gasteiger partial charge on any atom is 0.121 e. The van der Waals surface area contributed by atoms with E-state index in [0.717, 1.165) is 33.3 Å². The van der Waals surface area contributed by atoms with Gasteiger partial charge in [-0.05, 0) is 11.1 Å². The van der Waals surface area contributed by atoms with Crippen LogP contribution in [0.1, 0.15) is 0 Å². The summed E-state index contributed by atoms with van der Waals surface area (Å²) in [4.78, 5) is 1.64. The molecule has 0 aliphatic rings. The van der Waals surface area contributed by atoms with E-state index < -0.39 is 0 Å². The molecule has 0 spiro atoms. The SMILES string of the molecule is Cn1nc2c(-c3ccccc3)ccc(-c3ccccc3)c2n1. The van der Waals surface area contributed by atoms with E-state index in [9.17, 15) is 0 Å². The number of aromatic nitrogens is 3. The van der Waals surface area contributed by atoms with Crippen LogP contribution >= 0.6 is 0 Å². The highest BCUT2D eigenvalue weighted by Gasteiger charge is 2.13. The summed E-state index contributed by atoms with van der Waals surface area (Å²) in [5, 5.41) is 9.16. The van der Waals surface area contributed by atoms with Crippen LogP contribution in [0.4, 0.5) is 0 Å². The Bertz CT molecular complexity index is 848. The number of hydrogen-bond acceptors (Lipinski definition) is 2. The molecule has 3 aromatic carbocycles. The molecule has 1 aromatic heterocycles. The molecule has 1 heterocycles. The van der Waals surface area contributed by atoms with Gasteiger partial charge in [-0.2, -0.15) is 15.0 Å². The highest BCUT2D eigenvalue weighted by molar-refractivity contribution is 6.00. The van der Waals surface area contributed by atoms with Gasteiger partial charge in [0.15, 0.2) is 0 Å². The first-order valence-corrected chi connectivity index (χ1v) is 7.28. The van der Waals surface area contributed by atoms with Crippen molar-refractivity contribution in [3.63, 3.8) is 0 Å². The van der Waals surface area contributed by atoms with E-state index in [1.54, 1.807) is 4.80 Å². The van der Waals surface area contributed by atoms with Gasteiger partial charge in [0.2, 0.25) is 0 Å². The summed E-state index contributed by atoms with van der Waals surface area (Å²) in [6.45, 7) is 0. The van der Waals surface area contributed by atoms with Gasteiger partial charge in [-0.3, -0.25) is 0 Å². The smallest absolute Gasteiger partial charge is 0.121 e. The van der Waals surface area contributed by atoms with Crippen molar-refractivity contribution < 1.29 is 0 Å². The molecule has 0 radical (unpaired) electrons. The van der Waals surface area contributed by atoms with Crippen molar-refractivity contribution >= 4 is 11.0 Å². The van der Waals surface area contributed by atoms with Crippen molar-refractivity contribution in [2.45, 2.75) is 0 Å². The Kier molecular flexibility index (Phi) is 2.97. The zero-order valence-corrected chi connectivity index (χ0v) is 12.3. The van der Waals surface area contributed by atoms with Crippen molar-refractivity contribution in [3.05, 3.63) is 72.8 Å². The predicted molar refractivity (Wildman–Crippen MR) is 89.4 cm³/mol. The van der Waals surface area contributed by atoms with E-state index >= 15 is 0 Å². The number of benzene rings is 3. The highest BCUT2D eigenvalue weighted by atomic mass is 15.4. The van der Waals surface area contributed by atoms with E-state index in [4.69, 9.17) is 0 Å². The Hall–Kier alpha value is -2.94. The van der Waals surface area contributed by atoms with Crippen LogP contribution in [0.15, 0.2) is 72.8 Å². The number of hydrogen-bond donors (Lipinski definition) is 0. The Morgan fingerprint density at radius 1 is 0.591 bits per heavy atom. The van der Waals surface area contributed by atoms with Gasteiger partial charge in [0.05, 0.1) is 0 Å². The van der Waals surface area contributed by atoms with Crippen LogP contribution < -0.4 is 0 Å². The molecule has 0 N–H and O–H groups in total. The molecule has 3 heteroatoms. The Morgan fingerprint density at radius 2 is 1.00 bits per heavy atom.